The topological polar surface area (TPSA) is 136 Å². The second kappa shape index (κ2) is 9.04. The molecule has 2 rings (SSSR count). The second-order valence-electron chi connectivity index (χ2n) is 5.39. The quantitative estimate of drug-likeness (QED) is 0.435. The minimum atomic E-state index is -0.617. The highest BCUT2D eigenvalue weighted by Gasteiger charge is 2.17. The van der Waals surface area contributed by atoms with Crippen molar-refractivity contribution in [1.29, 1.82) is 0 Å². The van der Waals surface area contributed by atoms with E-state index in [0.29, 0.717) is 17.0 Å². The molecule has 0 saturated carbocycles. The number of methoxy groups -OCH3 is 1. The van der Waals surface area contributed by atoms with E-state index in [-0.39, 0.29) is 17.8 Å². The number of pyridine rings is 1. The van der Waals surface area contributed by atoms with Gasteiger partial charge in [-0.3, -0.25) is 24.7 Å². The fourth-order valence-corrected chi connectivity index (χ4v) is 2.08. The number of carbonyl (C=O) groups is 2. The molecule has 1 aromatic carbocycles. The van der Waals surface area contributed by atoms with Crippen LogP contribution < -0.4 is 15.5 Å². The zero-order valence-electron chi connectivity index (χ0n) is 14.6. The number of amides is 2. The minimum absolute atomic E-state index is 0.0411. The zero-order chi connectivity index (χ0) is 19.8. The molecule has 27 heavy (non-hydrogen) atoms. The van der Waals surface area contributed by atoms with E-state index in [9.17, 15) is 19.7 Å². The number of nitrogens with zero attached hydrogens (tertiary/aromatic N) is 3. The summed E-state index contributed by atoms with van der Waals surface area (Å²) in [5.74, 6) is -0.651. The summed E-state index contributed by atoms with van der Waals surface area (Å²) in [7, 11) is 1.39. The monoisotopic (exact) mass is 371 g/mol. The number of hydrazone groups is 1. The Morgan fingerprint density at radius 3 is 2.59 bits per heavy atom. The van der Waals surface area contributed by atoms with E-state index < -0.39 is 16.7 Å². The Labute approximate surface area is 154 Å². The molecule has 10 nitrogen and oxygen atoms in total. The lowest BCUT2D eigenvalue weighted by atomic mass is 10.2. The van der Waals surface area contributed by atoms with Gasteiger partial charge in [0.2, 0.25) is 5.91 Å². The molecule has 2 N–H and O–H groups in total. The number of anilines is 1. The summed E-state index contributed by atoms with van der Waals surface area (Å²) in [4.78, 5) is 38.3. The molecule has 140 valence electrons. The average Bonchev–Trinajstić information content (AvgIpc) is 2.66. The van der Waals surface area contributed by atoms with E-state index in [4.69, 9.17) is 4.74 Å². The van der Waals surface area contributed by atoms with Gasteiger partial charge in [-0.2, -0.15) is 5.10 Å². The van der Waals surface area contributed by atoms with Crippen LogP contribution in [0.15, 0.2) is 47.8 Å². The highest BCUT2D eigenvalue weighted by atomic mass is 16.6. The van der Waals surface area contributed by atoms with E-state index in [1.165, 1.54) is 49.8 Å². The van der Waals surface area contributed by atoms with Crippen LogP contribution in [0.4, 0.5) is 11.4 Å². The van der Waals surface area contributed by atoms with E-state index in [0.717, 1.165) is 0 Å². The Balaban J connectivity index is 1.99. The molecule has 2 aromatic rings. The first-order chi connectivity index (χ1) is 12.9. The number of nitro groups is 1. The third kappa shape index (κ3) is 5.59. The lowest BCUT2D eigenvalue weighted by Gasteiger charge is -2.07. The number of ether oxygens (including phenoxy) is 1. The third-order valence-electron chi connectivity index (χ3n) is 3.38. The van der Waals surface area contributed by atoms with Crippen molar-refractivity contribution >= 4 is 28.9 Å². The minimum Gasteiger partial charge on any atom is -0.496 e. The van der Waals surface area contributed by atoms with Crippen molar-refractivity contribution in [1.82, 2.24) is 10.4 Å². The van der Waals surface area contributed by atoms with Crippen LogP contribution in [0.1, 0.15) is 23.7 Å². The molecule has 0 radical (unpaired) electrons. The van der Waals surface area contributed by atoms with Crippen LogP contribution >= 0.6 is 0 Å². The number of carbonyl (C=O) groups excluding carboxylic acids is 2. The SMILES string of the molecule is COc1ccc(NC(=O)CC(C)=NNC(=O)c2ccncc2)c([N+](=O)[O-])c1. The zero-order valence-corrected chi connectivity index (χ0v) is 14.6. The summed E-state index contributed by atoms with van der Waals surface area (Å²) in [5, 5.41) is 17.4. The van der Waals surface area contributed by atoms with E-state index >= 15 is 0 Å². The lowest BCUT2D eigenvalue weighted by molar-refractivity contribution is -0.384. The van der Waals surface area contributed by atoms with E-state index in [2.05, 4.69) is 20.8 Å². The highest BCUT2D eigenvalue weighted by Crippen LogP contribution is 2.28. The van der Waals surface area contributed by atoms with Crippen molar-refractivity contribution in [3.05, 3.63) is 58.4 Å². The van der Waals surface area contributed by atoms with Crippen molar-refractivity contribution in [3.8, 4) is 5.75 Å². The van der Waals surface area contributed by atoms with Crippen molar-refractivity contribution in [3.63, 3.8) is 0 Å². The first-order valence-electron chi connectivity index (χ1n) is 7.76. The van der Waals surface area contributed by atoms with Crippen LogP contribution in [-0.4, -0.2) is 34.5 Å². The predicted molar refractivity (Wildman–Crippen MR) is 97.7 cm³/mol. The van der Waals surface area contributed by atoms with Gasteiger partial charge in [-0.05, 0) is 31.2 Å². The van der Waals surface area contributed by atoms with Gasteiger partial charge in [0, 0.05) is 23.7 Å². The van der Waals surface area contributed by atoms with Crippen molar-refractivity contribution in [2.24, 2.45) is 5.10 Å². The molecule has 10 heteroatoms. The van der Waals surface area contributed by atoms with Crippen molar-refractivity contribution < 1.29 is 19.2 Å². The fraction of sp³-hybridized carbons (Fsp3) is 0.176. The van der Waals surface area contributed by atoms with Gasteiger partial charge in [0.15, 0.2) is 0 Å². The predicted octanol–water partition coefficient (Wildman–Crippen LogP) is 2.13. The van der Waals surface area contributed by atoms with Crippen LogP contribution in [0.25, 0.3) is 0 Å². The number of nitrogens with one attached hydrogen (secondary N) is 2. The first-order valence-corrected chi connectivity index (χ1v) is 7.76. The maximum atomic E-state index is 12.1. The lowest BCUT2D eigenvalue weighted by Crippen LogP contribution is -2.21. The Bertz CT molecular complexity index is 883. The number of aromatic nitrogens is 1. The van der Waals surface area contributed by atoms with Crippen LogP contribution in [-0.2, 0) is 4.79 Å². The Morgan fingerprint density at radius 1 is 1.26 bits per heavy atom. The molecule has 1 heterocycles. The molecule has 0 spiro atoms. The Morgan fingerprint density at radius 2 is 1.96 bits per heavy atom. The molecule has 0 unspecified atom stereocenters. The standard InChI is InChI=1S/C17H17N5O5/c1-11(20-21-17(24)12-5-7-18-8-6-12)9-16(23)19-14-4-3-13(27-2)10-15(14)22(25)26/h3-8,10H,9H2,1-2H3,(H,19,23)(H,21,24). The summed E-state index contributed by atoms with van der Waals surface area (Å²) in [5.41, 5.74) is 2.78. The van der Waals surface area contributed by atoms with Gasteiger partial charge >= 0.3 is 0 Å². The van der Waals surface area contributed by atoms with Gasteiger partial charge in [-0.25, -0.2) is 5.43 Å². The van der Waals surface area contributed by atoms with Crippen LogP contribution in [0.2, 0.25) is 0 Å². The summed E-state index contributed by atoms with van der Waals surface area (Å²) >= 11 is 0. The normalized spacial score (nSPS) is 10.8. The molecule has 0 aliphatic heterocycles. The molecule has 1 aromatic heterocycles. The molecule has 2 amide bonds. The molecule has 0 atom stereocenters. The van der Waals surface area contributed by atoms with E-state index in [1.807, 2.05) is 0 Å². The highest BCUT2D eigenvalue weighted by molar-refractivity contribution is 6.06. The first kappa shape index (κ1) is 19.5. The second-order valence-corrected chi connectivity index (χ2v) is 5.39. The average molecular weight is 371 g/mol. The molecule has 0 fully saturated rings. The van der Waals surface area contributed by atoms with Crippen molar-refractivity contribution in [2.45, 2.75) is 13.3 Å². The van der Waals surface area contributed by atoms with Crippen LogP contribution in [0.3, 0.4) is 0 Å². The number of rotatable bonds is 7. The third-order valence-corrected chi connectivity index (χ3v) is 3.38. The molecule has 0 bridgehead atoms. The van der Waals surface area contributed by atoms with Crippen molar-refractivity contribution in [2.75, 3.05) is 12.4 Å². The number of hydrogen-bond donors (Lipinski definition) is 2. The van der Waals surface area contributed by atoms with Gasteiger partial charge in [-0.1, -0.05) is 0 Å². The molecular formula is C17H17N5O5. The van der Waals surface area contributed by atoms with Crippen LogP contribution in [0, 0.1) is 10.1 Å². The van der Waals surface area contributed by atoms with Gasteiger partial charge < -0.3 is 10.1 Å². The number of nitro benzene ring substituents is 1. The molecule has 0 saturated heterocycles. The summed E-state index contributed by atoms with van der Waals surface area (Å²) in [6.07, 6.45) is 2.79. The molecule has 0 aliphatic carbocycles. The van der Waals surface area contributed by atoms with Gasteiger partial charge in [0.05, 0.1) is 24.5 Å². The smallest absolute Gasteiger partial charge is 0.296 e. The maximum absolute atomic E-state index is 12.1. The van der Waals surface area contributed by atoms with Crippen LogP contribution in [0.5, 0.6) is 5.75 Å². The largest absolute Gasteiger partial charge is 0.496 e. The fourth-order valence-electron chi connectivity index (χ4n) is 2.08. The van der Waals surface area contributed by atoms with E-state index in [1.54, 1.807) is 6.92 Å². The Hall–Kier alpha value is -3.82. The maximum Gasteiger partial charge on any atom is 0.296 e. The summed E-state index contributed by atoms with van der Waals surface area (Å²) in [6, 6.07) is 7.14. The van der Waals surface area contributed by atoms with Gasteiger partial charge in [0.25, 0.3) is 11.6 Å². The summed E-state index contributed by atoms with van der Waals surface area (Å²) in [6.45, 7) is 1.55. The summed E-state index contributed by atoms with van der Waals surface area (Å²) < 4.78 is 4.94. The number of benzene rings is 1. The van der Waals surface area contributed by atoms with Gasteiger partial charge in [0.1, 0.15) is 11.4 Å². The molecular weight excluding hydrogens is 354 g/mol. The Kier molecular flexibility index (Phi) is 6.53. The molecule has 0 aliphatic rings. The number of hydrogen-bond acceptors (Lipinski definition) is 7. The van der Waals surface area contributed by atoms with Gasteiger partial charge in [-0.15, -0.1) is 0 Å².